The molecule has 0 aliphatic carbocycles. The van der Waals surface area contributed by atoms with E-state index in [0.717, 1.165) is 16.6 Å². The van der Waals surface area contributed by atoms with Crippen molar-refractivity contribution in [1.29, 1.82) is 0 Å². The Morgan fingerprint density at radius 3 is 2.76 bits per heavy atom. The molecule has 0 fully saturated rings. The predicted octanol–water partition coefficient (Wildman–Crippen LogP) is 1.44. The van der Waals surface area contributed by atoms with Gasteiger partial charge in [0.1, 0.15) is 6.04 Å². The molecule has 0 aliphatic rings. The zero-order valence-corrected chi connectivity index (χ0v) is 13.8. The number of hydrogen-bond acceptors (Lipinski definition) is 4. The van der Waals surface area contributed by atoms with Crippen molar-refractivity contribution in [3.8, 4) is 0 Å². The van der Waals surface area contributed by atoms with Crippen LogP contribution in [0.5, 0.6) is 0 Å². The topological polar surface area (TPSA) is 99.8 Å². The first kappa shape index (κ1) is 16.6. The first-order chi connectivity index (χ1) is 12.1. The van der Waals surface area contributed by atoms with Gasteiger partial charge in [0, 0.05) is 30.2 Å². The van der Waals surface area contributed by atoms with Gasteiger partial charge in [0.15, 0.2) is 5.69 Å². The van der Waals surface area contributed by atoms with Crippen LogP contribution in [0.25, 0.3) is 10.9 Å². The molecule has 0 unspecified atom stereocenters. The van der Waals surface area contributed by atoms with Crippen LogP contribution in [0.15, 0.2) is 48.7 Å². The molecule has 0 radical (unpaired) electrons. The fourth-order valence-corrected chi connectivity index (χ4v) is 2.48. The summed E-state index contributed by atoms with van der Waals surface area (Å²) in [5.74, 6) is -0.631. The highest BCUT2D eigenvalue weighted by Crippen LogP contribution is 2.14. The molecule has 2 amide bonds. The molecule has 0 bridgehead atoms. The van der Waals surface area contributed by atoms with Gasteiger partial charge in [-0.2, -0.15) is 5.10 Å². The number of benzene rings is 1. The lowest BCUT2D eigenvalue weighted by atomic mass is 10.2. The standard InChI is InChI=1S/C18H19N5O2/c1-12(17(24)20-11-9-13-6-4-5-10-19-13)21-18(25)16-14-7-2-3-8-15(14)22-23-16/h2-8,10,12H,9,11H2,1H3,(H,20,24)(H,21,25)(H,22,23)/t12-/m1/s1. The van der Waals surface area contributed by atoms with Gasteiger partial charge >= 0.3 is 0 Å². The van der Waals surface area contributed by atoms with Gasteiger partial charge in [-0.25, -0.2) is 0 Å². The molecule has 0 aliphatic heterocycles. The third-order valence-corrected chi connectivity index (χ3v) is 3.83. The van der Waals surface area contributed by atoms with Crippen molar-refractivity contribution in [2.75, 3.05) is 6.54 Å². The third kappa shape index (κ3) is 4.00. The molecule has 1 atom stereocenters. The lowest BCUT2D eigenvalue weighted by Crippen LogP contribution is -2.45. The molecule has 25 heavy (non-hydrogen) atoms. The van der Waals surface area contributed by atoms with E-state index in [9.17, 15) is 9.59 Å². The van der Waals surface area contributed by atoms with Crippen LogP contribution in [-0.2, 0) is 11.2 Å². The molecule has 0 spiro atoms. The van der Waals surface area contributed by atoms with Crippen LogP contribution in [0.1, 0.15) is 23.1 Å². The number of nitrogens with one attached hydrogen (secondary N) is 3. The van der Waals surface area contributed by atoms with Gasteiger partial charge in [0.2, 0.25) is 5.91 Å². The average molecular weight is 337 g/mol. The van der Waals surface area contributed by atoms with E-state index >= 15 is 0 Å². The summed E-state index contributed by atoms with van der Waals surface area (Å²) in [7, 11) is 0. The summed E-state index contributed by atoms with van der Waals surface area (Å²) in [4.78, 5) is 28.7. The van der Waals surface area contributed by atoms with Gasteiger partial charge in [-0.1, -0.05) is 24.3 Å². The van der Waals surface area contributed by atoms with E-state index < -0.39 is 6.04 Å². The molecule has 3 aromatic rings. The van der Waals surface area contributed by atoms with Crippen molar-refractivity contribution in [3.05, 3.63) is 60.0 Å². The third-order valence-electron chi connectivity index (χ3n) is 3.83. The van der Waals surface area contributed by atoms with E-state index in [0.29, 0.717) is 13.0 Å². The first-order valence-electron chi connectivity index (χ1n) is 8.07. The Balaban J connectivity index is 1.53. The highest BCUT2D eigenvalue weighted by Gasteiger charge is 2.19. The van der Waals surface area contributed by atoms with Crippen LogP contribution in [0, 0.1) is 0 Å². The SMILES string of the molecule is C[C@@H](NC(=O)c1n[nH]c2ccccc12)C(=O)NCCc1ccccn1. The second kappa shape index (κ2) is 7.57. The van der Waals surface area contributed by atoms with E-state index in [1.54, 1.807) is 13.1 Å². The van der Waals surface area contributed by atoms with E-state index in [2.05, 4.69) is 25.8 Å². The Kier molecular flexibility index (Phi) is 5.03. The average Bonchev–Trinajstić information content (AvgIpc) is 3.06. The Hall–Kier alpha value is -3.22. The summed E-state index contributed by atoms with van der Waals surface area (Å²) in [5, 5.41) is 13.0. The van der Waals surface area contributed by atoms with Gasteiger partial charge in [0.25, 0.3) is 5.91 Å². The first-order valence-corrected chi connectivity index (χ1v) is 8.07. The maximum absolute atomic E-state index is 12.3. The summed E-state index contributed by atoms with van der Waals surface area (Å²) in [5.41, 5.74) is 1.96. The van der Waals surface area contributed by atoms with Crippen LogP contribution in [0.2, 0.25) is 0 Å². The Bertz CT molecular complexity index is 875. The second-order valence-electron chi connectivity index (χ2n) is 5.68. The number of carbonyl (C=O) groups excluding carboxylic acids is 2. The van der Waals surface area contributed by atoms with E-state index in [-0.39, 0.29) is 17.5 Å². The number of H-pyrrole nitrogens is 1. The number of aromatic nitrogens is 3. The molecule has 0 saturated carbocycles. The number of rotatable bonds is 6. The predicted molar refractivity (Wildman–Crippen MR) is 94.0 cm³/mol. The van der Waals surface area contributed by atoms with Crippen molar-refractivity contribution in [2.24, 2.45) is 0 Å². The monoisotopic (exact) mass is 337 g/mol. The highest BCUT2D eigenvalue weighted by atomic mass is 16.2. The molecule has 1 aromatic carbocycles. The maximum Gasteiger partial charge on any atom is 0.273 e. The zero-order valence-electron chi connectivity index (χ0n) is 13.8. The fourth-order valence-electron chi connectivity index (χ4n) is 2.48. The number of hydrogen-bond donors (Lipinski definition) is 3. The van der Waals surface area contributed by atoms with Crippen LogP contribution in [0.4, 0.5) is 0 Å². The quantitative estimate of drug-likeness (QED) is 0.633. The number of pyridine rings is 1. The Morgan fingerprint density at radius 1 is 1.16 bits per heavy atom. The smallest absolute Gasteiger partial charge is 0.273 e. The second-order valence-corrected chi connectivity index (χ2v) is 5.68. The van der Waals surface area contributed by atoms with Gasteiger partial charge in [-0.15, -0.1) is 0 Å². The number of nitrogens with zero attached hydrogens (tertiary/aromatic N) is 2. The van der Waals surface area contributed by atoms with Crippen LogP contribution in [-0.4, -0.2) is 39.6 Å². The minimum atomic E-state index is -0.660. The summed E-state index contributed by atoms with van der Waals surface area (Å²) in [6.07, 6.45) is 2.35. The van der Waals surface area contributed by atoms with Gasteiger partial charge < -0.3 is 10.6 Å². The number of amides is 2. The van der Waals surface area contributed by atoms with Gasteiger partial charge in [0.05, 0.1) is 5.52 Å². The Labute approximate surface area is 144 Å². The van der Waals surface area contributed by atoms with E-state index in [1.165, 1.54) is 0 Å². The molecular weight excluding hydrogens is 318 g/mol. The molecule has 0 saturated heterocycles. The summed E-state index contributed by atoms with van der Waals surface area (Å²) in [6, 6.07) is 12.3. The molecule has 2 heterocycles. The lowest BCUT2D eigenvalue weighted by molar-refractivity contribution is -0.122. The molecule has 7 heteroatoms. The molecule has 3 N–H and O–H groups in total. The number of para-hydroxylation sites is 1. The molecule has 7 nitrogen and oxygen atoms in total. The largest absolute Gasteiger partial charge is 0.354 e. The van der Waals surface area contributed by atoms with Crippen molar-refractivity contribution in [1.82, 2.24) is 25.8 Å². The van der Waals surface area contributed by atoms with Crippen LogP contribution < -0.4 is 10.6 Å². The van der Waals surface area contributed by atoms with Crippen molar-refractivity contribution in [3.63, 3.8) is 0 Å². The van der Waals surface area contributed by atoms with Crippen molar-refractivity contribution >= 4 is 22.7 Å². The van der Waals surface area contributed by atoms with Crippen LogP contribution >= 0.6 is 0 Å². The van der Waals surface area contributed by atoms with E-state index in [4.69, 9.17) is 0 Å². The molecule has 128 valence electrons. The molecule has 3 rings (SSSR count). The number of fused-ring (bicyclic) bond motifs is 1. The maximum atomic E-state index is 12.3. The van der Waals surface area contributed by atoms with Crippen molar-refractivity contribution < 1.29 is 9.59 Å². The highest BCUT2D eigenvalue weighted by molar-refractivity contribution is 6.05. The van der Waals surface area contributed by atoms with Gasteiger partial charge in [-0.05, 0) is 25.1 Å². The summed E-state index contributed by atoms with van der Waals surface area (Å²) < 4.78 is 0. The zero-order chi connectivity index (χ0) is 17.6. The molecule has 2 aromatic heterocycles. The van der Waals surface area contributed by atoms with Crippen molar-refractivity contribution in [2.45, 2.75) is 19.4 Å². The Morgan fingerprint density at radius 2 is 1.96 bits per heavy atom. The van der Waals surface area contributed by atoms with E-state index in [1.807, 2.05) is 42.5 Å². The fraction of sp³-hybridized carbons (Fsp3) is 0.222. The van der Waals surface area contributed by atoms with Crippen LogP contribution in [0.3, 0.4) is 0 Å². The minimum Gasteiger partial charge on any atom is -0.354 e. The number of aromatic amines is 1. The summed E-state index contributed by atoms with van der Waals surface area (Å²) >= 11 is 0. The summed E-state index contributed by atoms with van der Waals surface area (Å²) in [6.45, 7) is 2.10. The number of carbonyl (C=O) groups is 2. The molecular formula is C18H19N5O2. The van der Waals surface area contributed by atoms with Gasteiger partial charge in [-0.3, -0.25) is 19.7 Å². The minimum absolute atomic E-state index is 0.246. The normalized spacial score (nSPS) is 11.9. The lowest BCUT2D eigenvalue weighted by Gasteiger charge is -2.13.